The number of esters is 1. The van der Waals surface area contributed by atoms with Crippen molar-refractivity contribution in [3.8, 4) is 17.2 Å². The van der Waals surface area contributed by atoms with Gasteiger partial charge >= 0.3 is 11.9 Å². The second-order valence-electron chi connectivity index (χ2n) is 5.28. The Balaban J connectivity index is 1.82. The molecule has 1 aliphatic heterocycles. The highest BCUT2D eigenvalue weighted by Crippen LogP contribution is 2.35. The van der Waals surface area contributed by atoms with E-state index in [4.69, 9.17) is 23.7 Å². The number of rotatable bonds is 5. The van der Waals surface area contributed by atoms with Crippen LogP contribution in [-0.2, 0) is 16.1 Å². The molecule has 0 radical (unpaired) electrons. The fourth-order valence-corrected chi connectivity index (χ4v) is 2.50. The summed E-state index contributed by atoms with van der Waals surface area (Å²) in [6.07, 6.45) is 0. The molecule has 0 spiro atoms. The van der Waals surface area contributed by atoms with E-state index in [0.717, 1.165) is 0 Å². The lowest BCUT2D eigenvalue weighted by atomic mass is 10.2. The predicted molar refractivity (Wildman–Crippen MR) is 85.2 cm³/mol. The van der Waals surface area contributed by atoms with Gasteiger partial charge in [-0.25, -0.2) is 4.79 Å². The molecule has 6 heteroatoms. The second kappa shape index (κ2) is 6.41. The maximum atomic E-state index is 12.1. The van der Waals surface area contributed by atoms with Crippen molar-refractivity contribution in [2.45, 2.75) is 19.5 Å². The molecule has 1 unspecified atom stereocenters. The first-order chi connectivity index (χ1) is 11.6. The molecule has 6 nitrogen and oxygen atoms in total. The number of benzene rings is 2. The van der Waals surface area contributed by atoms with Gasteiger partial charge in [0.05, 0.1) is 26.4 Å². The number of hydrogen-bond acceptors (Lipinski definition) is 6. The van der Waals surface area contributed by atoms with Crippen LogP contribution in [0.4, 0.5) is 0 Å². The average Bonchev–Trinajstić information content (AvgIpc) is 2.59. The van der Waals surface area contributed by atoms with Crippen LogP contribution in [0.3, 0.4) is 0 Å². The van der Waals surface area contributed by atoms with E-state index in [2.05, 4.69) is 0 Å². The van der Waals surface area contributed by atoms with Crippen LogP contribution in [0.25, 0.3) is 0 Å². The molecule has 2 aromatic carbocycles. The van der Waals surface area contributed by atoms with Crippen molar-refractivity contribution in [3.05, 3.63) is 53.6 Å². The number of ether oxygens (including phenoxy) is 5. The van der Waals surface area contributed by atoms with E-state index in [-0.39, 0.29) is 6.61 Å². The standard InChI is InChI=1S/C18H18O6/c1-18(23-16-8-5-4-7-12(16)17(19)24-18)22-11-13-14(20-2)9-6-10-15(13)21-3/h4-10H,11H2,1-3H3. The van der Waals surface area contributed by atoms with Gasteiger partial charge in [-0.1, -0.05) is 18.2 Å². The van der Waals surface area contributed by atoms with Gasteiger partial charge in [0.2, 0.25) is 0 Å². The van der Waals surface area contributed by atoms with E-state index in [1.165, 1.54) is 0 Å². The maximum absolute atomic E-state index is 12.1. The van der Waals surface area contributed by atoms with Crippen molar-refractivity contribution >= 4 is 5.97 Å². The van der Waals surface area contributed by atoms with Crippen molar-refractivity contribution in [1.29, 1.82) is 0 Å². The van der Waals surface area contributed by atoms with Gasteiger partial charge < -0.3 is 23.7 Å². The minimum absolute atomic E-state index is 0.0825. The zero-order valence-electron chi connectivity index (χ0n) is 13.7. The molecule has 1 atom stereocenters. The fraction of sp³-hybridized carbons (Fsp3) is 0.278. The summed E-state index contributed by atoms with van der Waals surface area (Å²) in [5, 5.41) is 0. The van der Waals surface area contributed by atoms with Crippen molar-refractivity contribution in [2.24, 2.45) is 0 Å². The topological polar surface area (TPSA) is 63.2 Å². The first-order valence-corrected chi connectivity index (χ1v) is 7.41. The van der Waals surface area contributed by atoms with Gasteiger partial charge in [-0.15, -0.1) is 0 Å². The molecule has 3 rings (SSSR count). The SMILES string of the molecule is COc1cccc(OC)c1COC1(C)OC(=O)c2ccccc2O1. The van der Waals surface area contributed by atoms with Crippen LogP contribution < -0.4 is 14.2 Å². The van der Waals surface area contributed by atoms with Gasteiger partial charge in [0, 0.05) is 6.92 Å². The lowest BCUT2D eigenvalue weighted by Crippen LogP contribution is -2.44. The molecular formula is C18H18O6. The molecular weight excluding hydrogens is 312 g/mol. The third-order valence-corrected chi connectivity index (χ3v) is 3.69. The molecule has 1 heterocycles. The maximum Gasteiger partial charge on any atom is 0.371 e. The first kappa shape index (κ1) is 16.1. The van der Waals surface area contributed by atoms with Crippen molar-refractivity contribution in [1.82, 2.24) is 0 Å². The minimum Gasteiger partial charge on any atom is -0.496 e. The van der Waals surface area contributed by atoms with E-state index in [1.54, 1.807) is 57.5 Å². The van der Waals surface area contributed by atoms with Gasteiger partial charge in [-0.05, 0) is 24.3 Å². The molecule has 0 aliphatic carbocycles. The second-order valence-corrected chi connectivity index (χ2v) is 5.28. The molecule has 126 valence electrons. The van der Waals surface area contributed by atoms with Crippen molar-refractivity contribution in [2.75, 3.05) is 14.2 Å². The van der Waals surface area contributed by atoms with Gasteiger partial charge in [0.15, 0.2) is 0 Å². The smallest absolute Gasteiger partial charge is 0.371 e. The van der Waals surface area contributed by atoms with E-state index in [1.807, 2.05) is 6.07 Å². The van der Waals surface area contributed by atoms with Gasteiger partial charge in [0.1, 0.15) is 22.8 Å². The summed E-state index contributed by atoms with van der Waals surface area (Å²) in [5.41, 5.74) is 1.07. The summed E-state index contributed by atoms with van der Waals surface area (Å²) >= 11 is 0. The van der Waals surface area contributed by atoms with Gasteiger partial charge in [-0.3, -0.25) is 0 Å². The molecule has 0 aromatic heterocycles. The summed E-state index contributed by atoms with van der Waals surface area (Å²) in [5.74, 6) is -0.382. The number of carbonyl (C=O) groups is 1. The predicted octanol–water partition coefficient (Wildman–Crippen LogP) is 3.14. The Bertz CT molecular complexity index is 735. The Kier molecular flexibility index (Phi) is 4.31. The van der Waals surface area contributed by atoms with E-state index < -0.39 is 11.9 Å². The lowest BCUT2D eigenvalue weighted by molar-refractivity contribution is -0.314. The number of para-hydroxylation sites is 1. The van der Waals surface area contributed by atoms with E-state index in [9.17, 15) is 4.79 Å². The highest BCUT2D eigenvalue weighted by atomic mass is 16.9. The largest absolute Gasteiger partial charge is 0.496 e. The first-order valence-electron chi connectivity index (χ1n) is 7.41. The summed E-state index contributed by atoms with van der Waals surface area (Å²) in [6, 6.07) is 12.3. The summed E-state index contributed by atoms with van der Waals surface area (Å²) in [7, 11) is 3.13. The zero-order chi connectivity index (χ0) is 17.2. The number of cyclic esters (lactones) is 1. The third-order valence-electron chi connectivity index (χ3n) is 3.69. The normalized spacial score (nSPS) is 19.0. The molecule has 0 saturated carbocycles. The molecule has 0 N–H and O–H groups in total. The Labute approximate surface area is 139 Å². The molecule has 0 saturated heterocycles. The number of hydrogen-bond donors (Lipinski definition) is 0. The van der Waals surface area contributed by atoms with Crippen LogP contribution in [0, 0.1) is 0 Å². The van der Waals surface area contributed by atoms with Gasteiger partial charge in [-0.2, -0.15) is 0 Å². The lowest BCUT2D eigenvalue weighted by Gasteiger charge is -2.34. The van der Waals surface area contributed by atoms with Crippen molar-refractivity contribution < 1.29 is 28.5 Å². The quantitative estimate of drug-likeness (QED) is 0.785. The molecule has 2 aromatic rings. The Morgan fingerprint density at radius 1 is 0.958 bits per heavy atom. The van der Waals surface area contributed by atoms with E-state index in [0.29, 0.717) is 28.4 Å². The molecule has 24 heavy (non-hydrogen) atoms. The van der Waals surface area contributed by atoms with Crippen LogP contribution in [0.2, 0.25) is 0 Å². The Morgan fingerprint density at radius 2 is 1.62 bits per heavy atom. The Morgan fingerprint density at radius 3 is 2.29 bits per heavy atom. The average molecular weight is 330 g/mol. The van der Waals surface area contributed by atoms with Crippen LogP contribution in [0.1, 0.15) is 22.8 Å². The third kappa shape index (κ3) is 3.00. The summed E-state index contributed by atoms with van der Waals surface area (Å²) in [4.78, 5) is 12.1. The molecule has 0 fully saturated rings. The number of carbonyl (C=O) groups excluding carboxylic acids is 1. The van der Waals surface area contributed by atoms with Crippen LogP contribution in [-0.4, -0.2) is 26.2 Å². The minimum atomic E-state index is -1.53. The molecule has 0 bridgehead atoms. The Hall–Kier alpha value is -2.73. The molecule has 1 aliphatic rings. The van der Waals surface area contributed by atoms with Crippen LogP contribution >= 0.6 is 0 Å². The monoisotopic (exact) mass is 330 g/mol. The van der Waals surface area contributed by atoms with Crippen molar-refractivity contribution in [3.63, 3.8) is 0 Å². The summed E-state index contributed by atoms with van der Waals surface area (Å²) in [6.45, 7) is 1.63. The zero-order valence-corrected chi connectivity index (χ0v) is 13.7. The summed E-state index contributed by atoms with van der Waals surface area (Å²) < 4.78 is 27.4. The van der Waals surface area contributed by atoms with Gasteiger partial charge in [0.25, 0.3) is 0 Å². The van der Waals surface area contributed by atoms with E-state index >= 15 is 0 Å². The number of fused-ring (bicyclic) bond motifs is 1. The van der Waals surface area contributed by atoms with Crippen LogP contribution in [0.5, 0.6) is 17.2 Å². The van der Waals surface area contributed by atoms with Crippen LogP contribution in [0.15, 0.2) is 42.5 Å². The fourth-order valence-electron chi connectivity index (χ4n) is 2.50. The molecule has 0 amide bonds. The highest BCUT2D eigenvalue weighted by Gasteiger charge is 2.39. The number of methoxy groups -OCH3 is 2. The highest BCUT2D eigenvalue weighted by molar-refractivity contribution is 5.93.